The van der Waals surface area contributed by atoms with Crippen molar-refractivity contribution in [2.24, 2.45) is 0 Å². The Morgan fingerprint density at radius 2 is 1.86 bits per heavy atom. The monoisotopic (exact) mass is 298 g/mol. The summed E-state index contributed by atoms with van der Waals surface area (Å²) in [6.07, 6.45) is 0. The number of hydrogen-bond acceptors (Lipinski definition) is 4. The maximum absolute atomic E-state index is 12.0. The lowest BCUT2D eigenvalue weighted by molar-refractivity contribution is -0.140. The summed E-state index contributed by atoms with van der Waals surface area (Å²) in [5, 5.41) is 0.271. The number of para-hydroxylation sites is 2. The minimum Gasteiger partial charge on any atom is -0.468 e. The third-order valence-corrected chi connectivity index (χ3v) is 4.23. The number of thioether (sulfide) groups is 1. The van der Waals surface area contributed by atoms with E-state index in [9.17, 15) is 4.79 Å². The second kappa shape index (κ2) is 6.01. The number of imidazole rings is 1. The molecule has 1 atom stereocenters. The highest BCUT2D eigenvalue weighted by Gasteiger charge is 2.24. The molecule has 5 heteroatoms. The van der Waals surface area contributed by atoms with Gasteiger partial charge in [-0.15, -0.1) is 0 Å². The summed E-state index contributed by atoms with van der Waals surface area (Å²) < 4.78 is 4.91. The fourth-order valence-corrected chi connectivity index (χ4v) is 3.11. The smallest absolute Gasteiger partial charge is 0.323 e. The Bertz CT molecular complexity index is 722. The topological polar surface area (TPSA) is 55.0 Å². The number of nitrogens with zero attached hydrogens (tertiary/aromatic N) is 1. The summed E-state index contributed by atoms with van der Waals surface area (Å²) >= 11 is 1.36. The number of methoxy groups -OCH3 is 1. The van der Waals surface area contributed by atoms with Gasteiger partial charge in [0.15, 0.2) is 5.16 Å². The first kappa shape index (κ1) is 13.7. The fraction of sp³-hybridized carbons (Fsp3) is 0.125. The van der Waals surface area contributed by atoms with Crippen LogP contribution in [-0.4, -0.2) is 23.0 Å². The summed E-state index contributed by atoms with van der Waals surface area (Å²) in [7, 11) is 1.40. The van der Waals surface area contributed by atoms with Gasteiger partial charge in [0.1, 0.15) is 5.25 Å². The second-order valence-corrected chi connectivity index (χ2v) is 5.58. The van der Waals surface area contributed by atoms with E-state index in [2.05, 4.69) is 9.97 Å². The predicted octanol–water partition coefficient (Wildman–Crippen LogP) is 3.57. The Kier molecular flexibility index (Phi) is 3.92. The van der Waals surface area contributed by atoms with Crippen LogP contribution in [0.4, 0.5) is 0 Å². The Hall–Kier alpha value is -2.27. The van der Waals surface area contributed by atoms with E-state index in [-0.39, 0.29) is 5.97 Å². The van der Waals surface area contributed by atoms with E-state index in [4.69, 9.17) is 4.74 Å². The zero-order chi connectivity index (χ0) is 14.7. The molecule has 0 bridgehead atoms. The highest BCUT2D eigenvalue weighted by atomic mass is 32.2. The van der Waals surface area contributed by atoms with Crippen molar-refractivity contribution in [1.29, 1.82) is 0 Å². The van der Waals surface area contributed by atoms with Crippen LogP contribution < -0.4 is 0 Å². The Balaban J connectivity index is 1.92. The molecule has 0 amide bonds. The third kappa shape index (κ3) is 2.92. The van der Waals surface area contributed by atoms with E-state index >= 15 is 0 Å². The molecule has 0 fully saturated rings. The molecule has 0 saturated carbocycles. The number of esters is 1. The van der Waals surface area contributed by atoms with Crippen LogP contribution in [0.3, 0.4) is 0 Å². The number of aromatic amines is 1. The first-order chi connectivity index (χ1) is 10.3. The number of rotatable bonds is 4. The van der Waals surface area contributed by atoms with Crippen molar-refractivity contribution in [3.63, 3.8) is 0 Å². The summed E-state index contributed by atoms with van der Waals surface area (Å²) in [6.45, 7) is 0. The molecule has 0 aliphatic heterocycles. The zero-order valence-corrected chi connectivity index (χ0v) is 12.3. The number of nitrogens with one attached hydrogen (secondary N) is 1. The van der Waals surface area contributed by atoms with E-state index in [0.29, 0.717) is 5.16 Å². The predicted molar refractivity (Wildman–Crippen MR) is 83.1 cm³/mol. The summed E-state index contributed by atoms with van der Waals surface area (Å²) in [4.78, 5) is 19.8. The Morgan fingerprint density at radius 3 is 2.57 bits per heavy atom. The molecule has 0 saturated heterocycles. The average Bonchev–Trinajstić information content (AvgIpc) is 2.95. The van der Waals surface area contributed by atoms with Gasteiger partial charge in [0.25, 0.3) is 0 Å². The summed E-state index contributed by atoms with van der Waals surface area (Å²) in [6, 6.07) is 17.3. The van der Waals surface area contributed by atoms with Gasteiger partial charge >= 0.3 is 5.97 Å². The van der Waals surface area contributed by atoms with Gasteiger partial charge in [-0.2, -0.15) is 0 Å². The molecule has 1 aromatic heterocycles. The fourth-order valence-electron chi connectivity index (χ4n) is 2.08. The van der Waals surface area contributed by atoms with Crippen molar-refractivity contribution in [3.8, 4) is 0 Å². The largest absolute Gasteiger partial charge is 0.468 e. The summed E-state index contributed by atoms with van der Waals surface area (Å²) in [5.74, 6) is -0.286. The number of benzene rings is 2. The quantitative estimate of drug-likeness (QED) is 0.591. The lowest BCUT2D eigenvalue weighted by Crippen LogP contribution is -2.11. The van der Waals surface area contributed by atoms with Crippen molar-refractivity contribution >= 4 is 28.8 Å². The molecule has 3 rings (SSSR count). The van der Waals surface area contributed by atoms with Crippen LogP contribution in [-0.2, 0) is 9.53 Å². The molecule has 1 unspecified atom stereocenters. The van der Waals surface area contributed by atoms with Gasteiger partial charge in [-0.3, -0.25) is 4.79 Å². The van der Waals surface area contributed by atoms with Gasteiger partial charge in [-0.1, -0.05) is 54.2 Å². The third-order valence-electron chi connectivity index (χ3n) is 3.11. The highest BCUT2D eigenvalue weighted by Crippen LogP contribution is 2.35. The maximum atomic E-state index is 12.0. The molecule has 1 heterocycles. The highest BCUT2D eigenvalue weighted by molar-refractivity contribution is 8.00. The van der Waals surface area contributed by atoms with E-state index < -0.39 is 5.25 Å². The van der Waals surface area contributed by atoms with Crippen LogP contribution in [0.5, 0.6) is 0 Å². The Morgan fingerprint density at radius 1 is 1.14 bits per heavy atom. The number of carbonyl (C=O) groups excluding carboxylic acids is 1. The molecular weight excluding hydrogens is 284 g/mol. The molecule has 3 aromatic rings. The van der Waals surface area contributed by atoms with Crippen LogP contribution in [0.2, 0.25) is 0 Å². The standard InChI is InChI=1S/C16H14N2O2S/c1-20-15(19)14(11-7-3-2-4-8-11)21-16-17-12-9-5-6-10-13(12)18-16/h2-10,14H,1H3,(H,17,18). The van der Waals surface area contributed by atoms with Crippen LogP contribution in [0.25, 0.3) is 11.0 Å². The first-order valence-electron chi connectivity index (χ1n) is 6.52. The van der Waals surface area contributed by atoms with Crippen LogP contribution in [0, 0.1) is 0 Å². The number of aromatic nitrogens is 2. The van der Waals surface area contributed by atoms with Crippen molar-refractivity contribution in [2.75, 3.05) is 7.11 Å². The second-order valence-electron chi connectivity index (χ2n) is 4.49. The summed E-state index contributed by atoms with van der Waals surface area (Å²) in [5.41, 5.74) is 2.74. The van der Waals surface area contributed by atoms with Crippen LogP contribution in [0.1, 0.15) is 10.8 Å². The number of H-pyrrole nitrogens is 1. The lowest BCUT2D eigenvalue weighted by Gasteiger charge is -2.12. The van der Waals surface area contributed by atoms with Crippen molar-refractivity contribution in [1.82, 2.24) is 9.97 Å². The zero-order valence-electron chi connectivity index (χ0n) is 11.4. The maximum Gasteiger partial charge on any atom is 0.323 e. The molecule has 0 aliphatic rings. The minimum atomic E-state index is -0.434. The molecule has 1 N–H and O–H groups in total. The van der Waals surface area contributed by atoms with Gasteiger partial charge < -0.3 is 9.72 Å². The Labute approximate surface area is 126 Å². The van der Waals surface area contributed by atoms with Gasteiger partial charge in [0.2, 0.25) is 0 Å². The van der Waals surface area contributed by atoms with Gasteiger partial charge in [0.05, 0.1) is 18.1 Å². The number of fused-ring (bicyclic) bond motifs is 1. The molecule has 106 valence electrons. The van der Waals surface area contributed by atoms with Gasteiger partial charge in [-0.05, 0) is 17.7 Å². The molecule has 0 spiro atoms. The van der Waals surface area contributed by atoms with Crippen LogP contribution >= 0.6 is 11.8 Å². The normalized spacial score (nSPS) is 12.2. The van der Waals surface area contributed by atoms with E-state index in [1.54, 1.807) is 0 Å². The molecule has 0 radical (unpaired) electrons. The SMILES string of the molecule is COC(=O)C(Sc1nc2ccccc2[nH]1)c1ccccc1. The molecule has 2 aromatic carbocycles. The van der Waals surface area contributed by atoms with E-state index in [1.807, 2.05) is 54.6 Å². The van der Waals surface area contributed by atoms with Crippen molar-refractivity contribution in [3.05, 3.63) is 60.2 Å². The van der Waals surface area contributed by atoms with E-state index in [0.717, 1.165) is 16.6 Å². The molecule has 21 heavy (non-hydrogen) atoms. The lowest BCUT2D eigenvalue weighted by atomic mass is 10.1. The number of ether oxygens (including phenoxy) is 1. The first-order valence-corrected chi connectivity index (χ1v) is 7.40. The molecule has 0 aliphatic carbocycles. The van der Waals surface area contributed by atoms with Gasteiger partial charge in [-0.25, -0.2) is 4.98 Å². The van der Waals surface area contributed by atoms with Crippen molar-refractivity contribution in [2.45, 2.75) is 10.4 Å². The number of hydrogen-bond donors (Lipinski definition) is 1. The molecule has 4 nitrogen and oxygen atoms in total. The number of carbonyl (C=O) groups is 1. The van der Waals surface area contributed by atoms with Gasteiger partial charge in [0, 0.05) is 0 Å². The average molecular weight is 298 g/mol. The van der Waals surface area contributed by atoms with E-state index in [1.165, 1.54) is 18.9 Å². The van der Waals surface area contributed by atoms with Crippen LogP contribution in [0.15, 0.2) is 59.8 Å². The molecular formula is C16H14N2O2S. The minimum absolute atomic E-state index is 0.286. The van der Waals surface area contributed by atoms with Crippen molar-refractivity contribution < 1.29 is 9.53 Å².